The van der Waals surface area contributed by atoms with Crippen LogP contribution in [0.4, 0.5) is 5.69 Å². The van der Waals surface area contributed by atoms with Crippen LogP contribution in [0, 0.1) is 10.1 Å². The van der Waals surface area contributed by atoms with Crippen molar-refractivity contribution in [1.29, 1.82) is 0 Å². The molecule has 2 rings (SSSR count). The van der Waals surface area contributed by atoms with E-state index in [1.807, 2.05) is 0 Å². The van der Waals surface area contributed by atoms with E-state index in [2.05, 4.69) is 20.9 Å². The van der Waals surface area contributed by atoms with Gasteiger partial charge in [0.05, 0.1) is 18.0 Å². The second kappa shape index (κ2) is 7.13. The van der Waals surface area contributed by atoms with Crippen molar-refractivity contribution in [3.05, 3.63) is 56.7 Å². The van der Waals surface area contributed by atoms with Crippen LogP contribution >= 0.6 is 15.9 Å². The number of esters is 1. The van der Waals surface area contributed by atoms with E-state index in [-0.39, 0.29) is 23.8 Å². The number of halogens is 1. The number of carbonyl (C=O) groups is 1. The predicted molar refractivity (Wildman–Crippen MR) is 84.4 cm³/mol. The Balaban J connectivity index is 2.28. The molecule has 0 aliphatic rings. The minimum Gasteiger partial charge on any atom is -0.466 e. The molecule has 1 heterocycles. The van der Waals surface area contributed by atoms with Gasteiger partial charge in [0.15, 0.2) is 0 Å². The molecular formula is C15H13BrN2O4. The molecule has 0 saturated carbocycles. The maximum Gasteiger partial charge on any atom is 0.310 e. The summed E-state index contributed by atoms with van der Waals surface area (Å²) >= 11 is 3.17. The van der Waals surface area contributed by atoms with Crippen LogP contribution in [-0.2, 0) is 16.0 Å². The Labute approximate surface area is 135 Å². The first kappa shape index (κ1) is 16.1. The largest absolute Gasteiger partial charge is 0.466 e. The van der Waals surface area contributed by atoms with Crippen molar-refractivity contribution in [2.24, 2.45) is 0 Å². The Morgan fingerprint density at radius 3 is 2.64 bits per heavy atom. The van der Waals surface area contributed by atoms with Gasteiger partial charge in [0.1, 0.15) is 5.69 Å². The summed E-state index contributed by atoms with van der Waals surface area (Å²) in [6.07, 6.45) is 1.68. The van der Waals surface area contributed by atoms with Gasteiger partial charge in [0.2, 0.25) is 0 Å². The first-order chi connectivity index (χ1) is 10.5. The normalized spacial score (nSPS) is 10.3. The molecule has 0 saturated heterocycles. The number of pyridine rings is 1. The molecule has 0 amide bonds. The second-order valence-corrected chi connectivity index (χ2v) is 5.37. The van der Waals surface area contributed by atoms with Crippen molar-refractivity contribution in [3.63, 3.8) is 0 Å². The lowest BCUT2D eigenvalue weighted by atomic mass is 10.1. The van der Waals surface area contributed by atoms with Crippen LogP contribution in [0.25, 0.3) is 11.3 Å². The van der Waals surface area contributed by atoms with Gasteiger partial charge in [0, 0.05) is 22.3 Å². The lowest BCUT2D eigenvalue weighted by Crippen LogP contribution is -2.07. The van der Waals surface area contributed by atoms with Gasteiger partial charge in [-0.1, -0.05) is 24.3 Å². The van der Waals surface area contributed by atoms with Crippen LogP contribution in [0.15, 0.2) is 41.0 Å². The van der Waals surface area contributed by atoms with E-state index in [0.29, 0.717) is 16.6 Å². The third-order valence-corrected chi connectivity index (χ3v) is 3.35. The summed E-state index contributed by atoms with van der Waals surface area (Å²) in [5.41, 5.74) is 1.61. The molecule has 0 bridgehead atoms. The molecule has 0 spiro atoms. The number of nitrogens with zero attached hydrogens (tertiary/aromatic N) is 2. The van der Waals surface area contributed by atoms with Crippen molar-refractivity contribution < 1.29 is 14.5 Å². The van der Waals surface area contributed by atoms with E-state index in [0.717, 1.165) is 5.56 Å². The Morgan fingerprint density at radius 2 is 2.05 bits per heavy atom. The number of ether oxygens (including phenoxy) is 1. The number of hydrogen-bond donors (Lipinski definition) is 0. The van der Waals surface area contributed by atoms with Crippen molar-refractivity contribution in [3.8, 4) is 11.3 Å². The third kappa shape index (κ3) is 3.88. The summed E-state index contributed by atoms with van der Waals surface area (Å²) in [6, 6.07) is 8.30. The van der Waals surface area contributed by atoms with E-state index >= 15 is 0 Å². The van der Waals surface area contributed by atoms with E-state index < -0.39 is 4.92 Å². The van der Waals surface area contributed by atoms with Crippen LogP contribution in [0.3, 0.4) is 0 Å². The number of rotatable bonds is 5. The maximum atomic E-state index is 11.4. The highest BCUT2D eigenvalue weighted by Crippen LogP contribution is 2.30. The zero-order chi connectivity index (χ0) is 16.1. The average Bonchev–Trinajstić information content (AvgIpc) is 2.48. The van der Waals surface area contributed by atoms with Crippen LogP contribution in [0.1, 0.15) is 12.5 Å². The molecule has 0 N–H and O–H groups in total. The highest BCUT2D eigenvalue weighted by molar-refractivity contribution is 9.10. The van der Waals surface area contributed by atoms with Gasteiger partial charge < -0.3 is 4.74 Å². The third-order valence-electron chi connectivity index (χ3n) is 2.91. The van der Waals surface area contributed by atoms with Gasteiger partial charge in [-0.2, -0.15) is 0 Å². The molecule has 6 nitrogen and oxygen atoms in total. The molecule has 2 aromatic rings. The number of aromatic nitrogens is 1. The zero-order valence-corrected chi connectivity index (χ0v) is 13.4. The highest BCUT2D eigenvalue weighted by Gasteiger charge is 2.17. The molecular weight excluding hydrogens is 352 g/mol. The molecule has 0 radical (unpaired) electrons. The second-order valence-electron chi connectivity index (χ2n) is 4.46. The van der Waals surface area contributed by atoms with Crippen molar-refractivity contribution >= 4 is 27.6 Å². The number of benzene rings is 1. The van der Waals surface area contributed by atoms with Crippen LogP contribution in [0.2, 0.25) is 0 Å². The fourth-order valence-electron chi connectivity index (χ4n) is 1.95. The predicted octanol–water partition coefficient (Wildman–Crippen LogP) is 3.52. The molecule has 7 heteroatoms. The molecule has 0 aliphatic heterocycles. The van der Waals surface area contributed by atoms with Crippen molar-refractivity contribution in [2.75, 3.05) is 6.61 Å². The molecule has 0 unspecified atom stereocenters. The summed E-state index contributed by atoms with van der Waals surface area (Å²) in [6.45, 7) is 2.09. The van der Waals surface area contributed by atoms with Gasteiger partial charge in [-0.15, -0.1) is 0 Å². The topological polar surface area (TPSA) is 82.3 Å². The van der Waals surface area contributed by atoms with Gasteiger partial charge in [-0.05, 0) is 28.4 Å². The first-order valence-corrected chi connectivity index (χ1v) is 7.35. The fraction of sp³-hybridized carbons (Fsp3) is 0.200. The minimum absolute atomic E-state index is 0.0764. The Hall–Kier alpha value is -2.28. The lowest BCUT2D eigenvalue weighted by Gasteiger charge is -2.05. The molecule has 0 fully saturated rings. The van der Waals surface area contributed by atoms with E-state index in [9.17, 15) is 14.9 Å². The number of carbonyl (C=O) groups excluding carboxylic acids is 1. The van der Waals surface area contributed by atoms with Crippen LogP contribution in [0.5, 0.6) is 0 Å². The quantitative estimate of drug-likeness (QED) is 0.460. The van der Waals surface area contributed by atoms with Crippen molar-refractivity contribution in [2.45, 2.75) is 13.3 Å². The summed E-state index contributed by atoms with van der Waals surface area (Å²) < 4.78 is 5.42. The fourth-order valence-corrected chi connectivity index (χ4v) is 2.27. The van der Waals surface area contributed by atoms with Crippen LogP contribution in [-0.4, -0.2) is 22.5 Å². The number of nitro groups is 1. The van der Waals surface area contributed by atoms with Gasteiger partial charge in [-0.25, -0.2) is 4.98 Å². The molecule has 22 heavy (non-hydrogen) atoms. The zero-order valence-electron chi connectivity index (χ0n) is 11.8. The Morgan fingerprint density at radius 1 is 1.36 bits per heavy atom. The SMILES string of the molecule is CCOC(=O)Cc1ccc(-c2ncc(Br)cc2[N+](=O)[O-])cc1. The monoisotopic (exact) mass is 364 g/mol. The summed E-state index contributed by atoms with van der Waals surface area (Å²) in [5.74, 6) is -0.303. The smallest absolute Gasteiger partial charge is 0.310 e. The molecule has 0 aliphatic carbocycles. The number of hydrogen-bond acceptors (Lipinski definition) is 5. The van der Waals surface area contributed by atoms with Gasteiger partial charge >= 0.3 is 5.97 Å². The maximum absolute atomic E-state index is 11.4. The molecule has 1 aromatic carbocycles. The van der Waals surface area contributed by atoms with Gasteiger partial charge in [0.25, 0.3) is 5.69 Å². The lowest BCUT2D eigenvalue weighted by molar-refractivity contribution is -0.384. The van der Waals surface area contributed by atoms with E-state index in [4.69, 9.17) is 4.74 Å². The highest BCUT2D eigenvalue weighted by atomic mass is 79.9. The summed E-state index contributed by atoms with van der Waals surface area (Å²) in [4.78, 5) is 26.2. The molecule has 1 aromatic heterocycles. The average molecular weight is 365 g/mol. The van der Waals surface area contributed by atoms with Crippen LogP contribution < -0.4 is 0 Å². The summed E-state index contributed by atoms with van der Waals surface area (Å²) in [5, 5.41) is 11.1. The van der Waals surface area contributed by atoms with Gasteiger partial charge in [-0.3, -0.25) is 14.9 Å². The Bertz CT molecular complexity index is 701. The van der Waals surface area contributed by atoms with E-state index in [1.54, 1.807) is 31.2 Å². The first-order valence-electron chi connectivity index (χ1n) is 6.56. The molecule has 114 valence electrons. The minimum atomic E-state index is -0.473. The van der Waals surface area contributed by atoms with E-state index in [1.165, 1.54) is 12.3 Å². The summed E-state index contributed by atoms with van der Waals surface area (Å²) in [7, 11) is 0. The standard InChI is InChI=1S/C15H13BrN2O4/c1-2-22-14(19)7-10-3-5-11(6-4-10)15-13(18(20)21)8-12(16)9-17-15/h3-6,8-9H,2,7H2,1H3. The van der Waals surface area contributed by atoms with Crippen molar-refractivity contribution in [1.82, 2.24) is 4.98 Å². The molecule has 0 atom stereocenters. The Kier molecular flexibility index (Phi) is 5.21.